The van der Waals surface area contributed by atoms with Gasteiger partial charge in [-0.2, -0.15) is 4.98 Å². The Bertz CT molecular complexity index is 1660. The number of likely N-dealkylation sites (tertiary alicyclic amines) is 1. The monoisotopic (exact) mass is 590 g/mol. The molecule has 12 heteroatoms. The summed E-state index contributed by atoms with van der Waals surface area (Å²) in [7, 11) is -4.11. The van der Waals surface area contributed by atoms with Crippen LogP contribution in [0.15, 0.2) is 53.4 Å². The van der Waals surface area contributed by atoms with Gasteiger partial charge >= 0.3 is 0 Å². The lowest BCUT2D eigenvalue weighted by Gasteiger charge is -2.43. The predicted octanol–water partition coefficient (Wildman–Crippen LogP) is 3.14. The number of benzene rings is 2. The topological polar surface area (TPSA) is 143 Å². The molecule has 3 N–H and O–H groups in total. The standard InChI is InChI=1S/C30H34N6O5S/c1-19-7-4-8-20(2)25(19)23-18-24-33-28(32-23)35-42(39,40)22-10-5-9-21(17-22)26(37)34-30(41-24)12-15-36(16-13-30)27(38)29(3)11-6-14-31-29/h4-5,7-10,17-18,31H,6,11-16H2,1-3H3,(H,34,37)(H,32,33,35)/t29-/m0/s1. The highest BCUT2D eigenvalue weighted by Gasteiger charge is 2.45. The van der Waals surface area contributed by atoms with E-state index in [1.807, 2.05) is 43.9 Å². The van der Waals surface area contributed by atoms with Gasteiger partial charge in [0.2, 0.25) is 17.7 Å². The second-order valence-electron chi connectivity index (χ2n) is 11.5. The van der Waals surface area contributed by atoms with Gasteiger partial charge in [-0.05, 0) is 69.5 Å². The minimum Gasteiger partial charge on any atom is -0.451 e. The maximum absolute atomic E-state index is 13.5. The molecule has 1 atom stereocenters. The number of nitrogens with zero attached hydrogens (tertiary/aromatic N) is 3. The molecule has 220 valence electrons. The second-order valence-corrected chi connectivity index (χ2v) is 13.2. The number of rotatable bonds is 2. The van der Waals surface area contributed by atoms with Crippen molar-refractivity contribution in [3.05, 3.63) is 65.2 Å². The van der Waals surface area contributed by atoms with Crippen molar-refractivity contribution >= 4 is 27.8 Å². The van der Waals surface area contributed by atoms with Gasteiger partial charge in [0.25, 0.3) is 15.9 Å². The van der Waals surface area contributed by atoms with Crippen LogP contribution in [0.1, 0.15) is 54.1 Å². The normalized spacial score (nSPS) is 22.7. The highest BCUT2D eigenvalue weighted by molar-refractivity contribution is 7.92. The lowest BCUT2D eigenvalue weighted by atomic mass is 9.94. The Morgan fingerprint density at radius 2 is 1.71 bits per heavy atom. The summed E-state index contributed by atoms with van der Waals surface area (Å²) in [5.74, 6) is -0.487. The number of amides is 2. The molecule has 3 aromatic rings. The lowest BCUT2D eigenvalue weighted by Crippen LogP contribution is -2.62. The number of ether oxygens (including phenoxy) is 1. The van der Waals surface area contributed by atoms with Crippen molar-refractivity contribution in [1.82, 2.24) is 25.5 Å². The Hall–Kier alpha value is -4.03. The molecule has 42 heavy (non-hydrogen) atoms. The summed E-state index contributed by atoms with van der Waals surface area (Å²) in [6.45, 7) is 7.38. The van der Waals surface area contributed by atoms with Crippen molar-refractivity contribution in [2.24, 2.45) is 0 Å². The fourth-order valence-corrected chi connectivity index (χ4v) is 7.07. The van der Waals surface area contributed by atoms with Gasteiger partial charge in [-0.1, -0.05) is 24.3 Å². The van der Waals surface area contributed by atoms with Gasteiger partial charge < -0.3 is 20.3 Å². The summed E-state index contributed by atoms with van der Waals surface area (Å²) in [6.07, 6.45) is 2.34. The molecule has 0 unspecified atom stereocenters. The summed E-state index contributed by atoms with van der Waals surface area (Å²) in [4.78, 5) is 37.6. The van der Waals surface area contributed by atoms with E-state index in [1.165, 1.54) is 18.2 Å². The molecule has 0 saturated carbocycles. The summed E-state index contributed by atoms with van der Waals surface area (Å²) in [5, 5.41) is 6.36. The van der Waals surface area contributed by atoms with E-state index in [0.29, 0.717) is 31.6 Å². The maximum atomic E-state index is 13.5. The number of nitrogens with one attached hydrogen (secondary N) is 3. The average Bonchev–Trinajstić information content (AvgIpc) is 3.40. The Labute approximate surface area is 245 Å². The molecule has 2 aromatic carbocycles. The molecule has 3 aliphatic heterocycles. The van der Waals surface area contributed by atoms with Crippen molar-refractivity contribution in [3.8, 4) is 17.1 Å². The number of sulfonamides is 1. The number of anilines is 1. The molecular weight excluding hydrogens is 556 g/mol. The Balaban J connectivity index is 1.42. The molecule has 0 radical (unpaired) electrons. The van der Waals surface area contributed by atoms with E-state index in [4.69, 9.17) is 4.74 Å². The number of fused-ring (bicyclic) bond motifs is 4. The summed E-state index contributed by atoms with van der Waals surface area (Å²) < 4.78 is 35.6. The summed E-state index contributed by atoms with van der Waals surface area (Å²) >= 11 is 0. The zero-order chi connectivity index (χ0) is 29.7. The van der Waals surface area contributed by atoms with Crippen molar-refractivity contribution in [3.63, 3.8) is 0 Å². The molecular formula is C30H34N6O5S. The molecule has 2 fully saturated rings. The number of hydrogen-bond acceptors (Lipinski definition) is 8. The van der Waals surface area contributed by atoms with E-state index in [0.717, 1.165) is 36.1 Å². The number of aromatic nitrogens is 2. The Kier molecular flexibility index (Phi) is 6.93. The second kappa shape index (κ2) is 10.4. The van der Waals surface area contributed by atoms with Gasteiger partial charge in [-0.25, -0.2) is 18.1 Å². The molecule has 0 aliphatic carbocycles. The lowest BCUT2D eigenvalue weighted by molar-refractivity contribution is -0.141. The van der Waals surface area contributed by atoms with Crippen molar-refractivity contribution in [1.29, 1.82) is 0 Å². The average molecular weight is 591 g/mol. The van der Waals surface area contributed by atoms with Gasteiger partial charge in [0, 0.05) is 43.1 Å². The molecule has 6 rings (SSSR count). The van der Waals surface area contributed by atoms with E-state index in [1.54, 1.807) is 12.1 Å². The molecule has 3 aliphatic rings. The fraction of sp³-hybridized carbons (Fsp3) is 0.400. The van der Waals surface area contributed by atoms with Gasteiger partial charge in [0.15, 0.2) is 5.72 Å². The third-order valence-corrected chi connectivity index (χ3v) is 9.74. The third-order valence-electron chi connectivity index (χ3n) is 8.41. The number of hydrogen-bond donors (Lipinski definition) is 3. The quantitative estimate of drug-likeness (QED) is 0.413. The highest BCUT2D eigenvalue weighted by atomic mass is 32.2. The Morgan fingerprint density at radius 1 is 1.00 bits per heavy atom. The highest BCUT2D eigenvalue weighted by Crippen LogP contribution is 2.34. The van der Waals surface area contributed by atoms with E-state index >= 15 is 0 Å². The largest absolute Gasteiger partial charge is 0.451 e. The number of piperidine rings is 1. The Morgan fingerprint density at radius 3 is 2.40 bits per heavy atom. The van der Waals surface area contributed by atoms with E-state index in [2.05, 4.69) is 25.3 Å². The van der Waals surface area contributed by atoms with Gasteiger partial charge in [0.1, 0.15) is 0 Å². The molecule has 1 aromatic heterocycles. The van der Waals surface area contributed by atoms with Crippen LogP contribution >= 0.6 is 0 Å². The van der Waals surface area contributed by atoms with Gasteiger partial charge in [0.05, 0.1) is 16.1 Å². The summed E-state index contributed by atoms with van der Waals surface area (Å²) in [6, 6.07) is 13.3. The SMILES string of the molecule is Cc1cccc(C)c1-c1cc2nc(n1)NS(=O)(=O)c1cccc(c1)C(=O)NC1(CCN(C(=O)[C@]3(C)CCCN3)CC1)O2. The van der Waals surface area contributed by atoms with Crippen LogP contribution in [-0.4, -0.2) is 66.0 Å². The van der Waals surface area contributed by atoms with Crippen LogP contribution in [0.4, 0.5) is 5.95 Å². The first kappa shape index (κ1) is 28.1. The van der Waals surface area contributed by atoms with E-state index in [-0.39, 0.29) is 28.2 Å². The minimum atomic E-state index is -4.11. The summed E-state index contributed by atoms with van der Waals surface area (Å²) in [5.41, 5.74) is 1.58. The smallest absolute Gasteiger partial charge is 0.264 e. The van der Waals surface area contributed by atoms with Crippen LogP contribution in [-0.2, 0) is 14.8 Å². The van der Waals surface area contributed by atoms with Crippen LogP contribution in [0.5, 0.6) is 5.88 Å². The molecule has 11 nitrogen and oxygen atoms in total. The number of carbonyl (C=O) groups excluding carboxylic acids is 2. The van der Waals surface area contributed by atoms with Crippen LogP contribution in [0.3, 0.4) is 0 Å². The molecule has 1 spiro atoms. The fourth-order valence-electron chi connectivity index (χ4n) is 6.08. The van der Waals surface area contributed by atoms with Crippen LogP contribution in [0, 0.1) is 13.8 Å². The first-order valence-electron chi connectivity index (χ1n) is 14.1. The minimum absolute atomic E-state index is 0.0399. The van der Waals surface area contributed by atoms with Crippen LogP contribution in [0.25, 0.3) is 11.3 Å². The predicted molar refractivity (Wildman–Crippen MR) is 156 cm³/mol. The zero-order valence-electron chi connectivity index (χ0n) is 23.9. The number of aryl methyl sites for hydroxylation is 2. The first-order valence-corrected chi connectivity index (χ1v) is 15.6. The van der Waals surface area contributed by atoms with Gasteiger partial charge in [-0.15, -0.1) is 0 Å². The third kappa shape index (κ3) is 5.20. The maximum Gasteiger partial charge on any atom is 0.264 e. The van der Waals surface area contributed by atoms with E-state index < -0.39 is 27.2 Å². The molecule has 2 amide bonds. The molecule has 4 bridgehead atoms. The molecule has 4 heterocycles. The van der Waals surface area contributed by atoms with Crippen molar-refractivity contribution in [2.75, 3.05) is 24.4 Å². The van der Waals surface area contributed by atoms with Crippen molar-refractivity contribution in [2.45, 2.75) is 62.6 Å². The first-order chi connectivity index (χ1) is 20.0. The number of carbonyl (C=O) groups is 2. The van der Waals surface area contributed by atoms with E-state index in [9.17, 15) is 18.0 Å². The van der Waals surface area contributed by atoms with Crippen LogP contribution in [0.2, 0.25) is 0 Å². The zero-order valence-corrected chi connectivity index (χ0v) is 24.7. The van der Waals surface area contributed by atoms with Crippen LogP contribution < -0.4 is 20.1 Å². The van der Waals surface area contributed by atoms with Gasteiger partial charge in [-0.3, -0.25) is 9.59 Å². The molecule has 2 saturated heterocycles. The van der Waals surface area contributed by atoms with Crippen molar-refractivity contribution < 1.29 is 22.7 Å².